The molecule has 0 spiro atoms. The van der Waals surface area contributed by atoms with Gasteiger partial charge in [-0.25, -0.2) is 0 Å². The van der Waals surface area contributed by atoms with Crippen molar-refractivity contribution in [3.8, 4) is 0 Å². The molecular formula is C17H24N2. The molecule has 102 valence electrons. The highest BCUT2D eigenvalue weighted by Crippen LogP contribution is 2.26. The van der Waals surface area contributed by atoms with Gasteiger partial charge < -0.3 is 11.5 Å². The van der Waals surface area contributed by atoms with Crippen molar-refractivity contribution in [1.82, 2.24) is 0 Å². The first-order valence-corrected chi connectivity index (χ1v) is 7.28. The Labute approximate surface area is 115 Å². The first-order chi connectivity index (χ1) is 9.20. The van der Waals surface area contributed by atoms with Gasteiger partial charge in [0.15, 0.2) is 0 Å². The molecule has 0 radical (unpaired) electrons. The summed E-state index contributed by atoms with van der Waals surface area (Å²) >= 11 is 0. The van der Waals surface area contributed by atoms with Crippen molar-refractivity contribution in [3.63, 3.8) is 0 Å². The van der Waals surface area contributed by atoms with Crippen molar-refractivity contribution in [2.45, 2.75) is 45.4 Å². The lowest BCUT2D eigenvalue weighted by molar-refractivity contribution is 0.632. The van der Waals surface area contributed by atoms with Gasteiger partial charge in [0.1, 0.15) is 0 Å². The van der Waals surface area contributed by atoms with Crippen LogP contribution in [0.4, 0.5) is 11.4 Å². The first-order valence-electron chi connectivity index (χ1n) is 7.28. The van der Waals surface area contributed by atoms with E-state index in [1.54, 1.807) is 0 Å². The number of unbranched alkanes of at least 4 members (excludes halogenated alkanes) is 4. The number of anilines is 2. The van der Waals surface area contributed by atoms with E-state index >= 15 is 0 Å². The Morgan fingerprint density at radius 3 is 2.47 bits per heavy atom. The maximum atomic E-state index is 6.04. The third kappa shape index (κ3) is 3.63. The molecule has 2 rings (SSSR count). The smallest absolute Gasteiger partial charge is 0.0414 e. The molecule has 19 heavy (non-hydrogen) atoms. The standard InChI is InChI=1S/C17H24N2/c1-2-3-4-5-6-7-13-8-9-14-11-15(18)12-17(19)16(14)10-13/h8-12H,2-7,18-19H2,1H3. The number of benzene rings is 2. The molecule has 0 unspecified atom stereocenters. The van der Waals surface area contributed by atoms with Crippen LogP contribution >= 0.6 is 0 Å². The van der Waals surface area contributed by atoms with E-state index in [0.717, 1.165) is 28.6 Å². The zero-order chi connectivity index (χ0) is 13.7. The molecule has 0 aromatic heterocycles. The van der Waals surface area contributed by atoms with Gasteiger partial charge in [-0.1, -0.05) is 44.7 Å². The highest BCUT2D eigenvalue weighted by molar-refractivity contribution is 5.95. The monoisotopic (exact) mass is 256 g/mol. The van der Waals surface area contributed by atoms with E-state index < -0.39 is 0 Å². The van der Waals surface area contributed by atoms with Gasteiger partial charge in [-0.2, -0.15) is 0 Å². The number of nitrogens with two attached hydrogens (primary N) is 2. The van der Waals surface area contributed by atoms with Crippen LogP contribution in [-0.2, 0) is 6.42 Å². The van der Waals surface area contributed by atoms with E-state index in [9.17, 15) is 0 Å². The van der Waals surface area contributed by atoms with E-state index in [2.05, 4.69) is 25.1 Å². The van der Waals surface area contributed by atoms with Gasteiger partial charge in [0.05, 0.1) is 0 Å². The highest BCUT2D eigenvalue weighted by Gasteiger charge is 2.02. The first kappa shape index (κ1) is 13.7. The molecule has 2 nitrogen and oxygen atoms in total. The van der Waals surface area contributed by atoms with Crippen LogP contribution in [0.2, 0.25) is 0 Å². The molecule has 0 aliphatic carbocycles. The molecule has 0 amide bonds. The lowest BCUT2D eigenvalue weighted by Gasteiger charge is -2.07. The second-order valence-electron chi connectivity index (χ2n) is 5.33. The van der Waals surface area contributed by atoms with Gasteiger partial charge in [0.2, 0.25) is 0 Å². The summed E-state index contributed by atoms with van der Waals surface area (Å²) in [6.07, 6.45) is 7.73. The average molecular weight is 256 g/mol. The lowest BCUT2D eigenvalue weighted by Crippen LogP contribution is -1.93. The van der Waals surface area contributed by atoms with Crippen molar-refractivity contribution < 1.29 is 0 Å². The van der Waals surface area contributed by atoms with Crippen LogP contribution in [-0.4, -0.2) is 0 Å². The predicted octanol–water partition coefficient (Wildman–Crippen LogP) is 4.52. The molecular weight excluding hydrogens is 232 g/mol. The Hall–Kier alpha value is -1.70. The molecule has 0 saturated carbocycles. The fourth-order valence-electron chi connectivity index (χ4n) is 2.55. The Morgan fingerprint density at radius 2 is 1.68 bits per heavy atom. The molecule has 0 aliphatic rings. The fraction of sp³-hybridized carbons (Fsp3) is 0.412. The molecule has 0 bridgehead atoms. The zero-order valence-corrected chi connectivity index (χ0v) is 11.8. The van der Waals surface area contributed by atoms with Crippen molar-refractivity contribution >= 4 is 22.1 Å². The summed E-state index contributed by atoms with van der Waals surface area (Å²) in [4.78, 5) is 0. The minimum absolute atomic E-state index is 0.734. The average Bonchev–Trinajstić information content (AvgIpc) is 2.39. The maximum absolute atomic E-state index is 6.04. The second-order valence-corrected chi connectivity index (χ2v) is 5.33. The summed E-state index contributed by atoms with van der Waals surface area (Å²) in [5, 5.41) is 2.26. The van der Waals surface area contributed by atoms with Gasteiger partial charge in [0.25, 0.3) is 0 Å². The van der Waals surface area contributed by atoms with Gasteiger partial charge in [-0.15, -0.1) is 0 Å². The molecule has 0 atom stereocenters. The zero-order valence-electron chi connectivity index (χ0n) is 11.8. The normalized spacial score (nSPS) is 11.0. The van der Waals surface area contributed by atoms with Gasteiger partial charge in [-0.05, 0) is 42.0 Å². The number of nitrogen functional groups attached to an aromatic ring is 2. The second kappa shape index (κ2) is 6.46. The minimum atomic E-state index is 0.734. The fourth-order valence-corrected chi connectivity index (χ4v) is 2.55. The lowest BCUT2D eigenvalue weighted by atomic mass is 10.0. The Balaban J connectivity index is 2.05. The van der Waals surface area contributed by atoms with Gasteiger partial charge in [-0.3, -0.25) is 0 Å². The molecule has 0 fully saturated rings. The molecule has 0 saturated heterocycles. The number of hydrogen-bond donors (Lipinski definition) is 2. The van der Waals surface area contributed by atoms with Crippen molar-refractivity contribution in [1.29, 1.82) is 0 Å². The van der Waals surface area contributed by atoms with E-state index in [-0.39, 0.29) is 0 Å². The van der Waals surface area contributed by atoms with E-state index in [0.29, 0.717) is 0 Å². The number of rotatable bonds is 6. The van der Waals surface area contributed by atoms with Crippen LogP contribution < -0.4 is 11.5 Å². The number of fused-ring (bicyclic) bond motifs is 1. The Kier molecular flexibility index (Phi) is 4.67. The molecule has 4 N–H and O–H groups in total. The minimum Gasteiger partial charge on any atom is -0.399 e. The molecule has 2 heteroatoms. The van der Waals surface area contributed by atoms with E-state index in [1.807, 2.05) is 12.1 Å². The summed E-state index contributed by atoms with van der Waals surface area (Å²) < 4.78 is 0. The van der Waals surface area contributed by atoms with Crippen molar-refractivity contribution in [2.24, 2.45) is 0 Å². The molecule has 2 aromatic rings. The highest BCUT2D eigenvalue weighted by atomic mass is 14.6. The van der Waals surface area contributed by atoms with Crippen LogP contribution in [0.5, 0.6) is 0 Å². The summed E-state index contributed by atoms with van der Waals surface area (Å²) in [5.74, 6) is 0. The van der Waals surface area contributed by atoms with E-state index in [1.165, 1.54) is 37.7 Å². The molecule has 2 aromatic carbocycles. The molecule has 0 heterocycles. The number of aryl methyl sites for hydroxylation is 1. The van der Waals surface area contributed by atoms with Crippen LogP contribution in [0.1, 0.15) is 44.6 Å². The van der Waals surface area contributed by atoms with E-state index in [4.69, 9.17) is 11.5 Å². The maximum Gasteiger partial charge on any atom is 0.0414 e. The SMILES string of the molecule is CCCCCCCc1ccc2cc(N)cc(N)c2c1. The summed E-state index contributed by atoms with van der Waals surface area (Å²) in [6.45, 7) is 2.25. The summed E-state index contributed by atoms with van der Waals surface area (Å²) in [7, 11) is 0. The third-order valence-electron chi connectivity index (χ3n) is 3.64. The van der Waals surface area contributed by atoms with Crippen LogP contribution in [0.15, 0.2) is 30.3 Å². The Bertz CT molecular complexity index is 546. The number of hydrogen-bond acceptors (Lipinski definition) is 2. The van der Waals surface area contributed by atoms with Gasteiger partial charge >= 0.3 is 0 Å². The predicted molar refractivity (Wildman–Crippen MR) is 85.2 cm³/mol. The topological polar surface area (TPSA) is 52.0 Å². The van der Waals surface area contributed by atoms with Crippen molar-refractivity contribution in [3.05, 3.63) is 35.9 Å². The third-order valence-corrected chi connectivity index (χ3v) is 3.64. The summed E-state index contributed by atoms with van der Waals surface area (Å²) in [6, 6.07) is 10.4. The Morgan fingerprint density at radius 1 is 0.895 bits per heavy atom. The molecule has 0 aliphatic heterocycles. The van der Waals surface area contributed by atoms with Crippen LogP contribution in [0, 0.1) is 0 Å². The quantitative estimate of drug-likeness (QED) is 0.590. The van der Waals surface area contributed by atoms with Gasteiger partial charge in [0, 0.05) is 16.8 Å². The van der Waals surface area contributed by atoms with Crippen LogP contribution in [0.3, 0.4) is 0 Å². The van der Waals surface area contributed by atoms with Crippen molar-refractivity contribution in [2.75, 3.05) is 11.5 Å². The largest absolute Gasteiger partial charge is 0.399 e. The van der Waals surface area contributed by atoms with Crippen LogP contribution in [0.25, 0.3) is 10.8 Å². The summed E-state index contributed by atoms with van der Waals surface area (Å²) in [5.41, 5.74) is 14.7.